The fraction of sp³-hybridized carbons (Fsp3) is 1.00. The van der Waals surface area contributed by atoms with Crippen LogP contribution in [0.3, 0.4) is 0 Å². The van der Waals surface area contributed by atoms with Gasteiger partial charge in [0, 0.05) is 0 Å². The molecule has 0 radical (unpaired) electrons. The van der Waals surface area contributed by atoms with Crippen molar-refractivity contribution in [3.8, 4) is 0 Å². The van der Waals surface area contributed by atoms with Crippen LogP contribution < -0.4 is 5.14 Å². The largest absolute Gasteiger partial charge is 0.430 e. The Hall–Kier alpha value is 0.0200. The standard InChI is InChI=1S/C3H6F3NO2S/c4-3(5,6)2(9,1-8)10-7/h8-9H,1,7H2. The van der Waals surface area contributed by atoms with Crippen LogP contribution in [0.4, 0.5) is 13.2 Å². The molecule has 0 rings (SSSR count). The fourth-order valence-corrected chi connectivity index (χ4v) is 0.402. The Bertz CT molecular complexity index is 113. The Labute approximate surface area is 59.2 Å². The van der Waals surface area contributed by atoms with Gasteiger partial charge in [0.15, 0.2) is 0 Å². The normalized spacial score (nSPS) is 18.6. The molecule has 0 bridgehead atoms. The van der Waals surface area contributed by atoms with Crippen molar-refractivity contribution in [2.45, 2.75) is 11.1 Å². The SMILES string of the molecule is NSC(O)(CO)C(F)(F)F. The number of aliphatic hydroxyl groups is 2. The molecule has 1 atom stereocenters. The zero-order valence-corrected chi connectivity index (χ0v) is 5.54. The fourth-order valence-electron chi connectivity index (χ4n) is 0.194. The average Bonchev–Trinajstić information content (AvgIpc) is 1.84. The van der Waals surface area contributed by atoms with Gasteiger partial charge in [-0.05, 0) is 11.9 Å². The number of aliphatic hydroxyl groups excluding tert-OH is 1. The van der Waals surface area contributed by atoms with Crippen LogP contribution in [-0.2, 0) is 0 Å². The highest BCUT2D eigenvalue weighted by Crippen LogP contribution is 2.35. The minimum absolute atomic E-state index is 0.340. The van der Waals surface area contributed by atoms with Crippen molar-refractivity contribution in [1.82, 2.24) is 0 Å². The Morgan fingerprint density at radius 3 is 1.80 bits per heavy atom. The molecule has 0 saturated carbocycles. The molecule has 7 heteroatoms. The Balaban J connectivity index is 4.33. The van der Waals surface area contributed by atoms with Crippen LogP contribution in [-0.4, -0.2) is 27.9 Å². The van der Waals surface area contributed by atoms with Gasteiger partial charge >= 0.3 is 6.18 Å². The molecule has 3 nitrogen and oxygen atoms in total. The smallest absolute Gasteiger partial charge is 0.392 e. The van der Waals surface area contributed by atoms with Gasteiger partial charge in [0.05, 0.1) is 6.61 Å². The number of nitrogens with two attached hydrogens (primary N) is 1. The predicted octanol–water partition coefficient (Wildman–Crippen LogP) is -0.163. The van der Waals surface area contributed by atoms with Gasteiger partial charge in [-0.1, -0.05) is 0 Å². The maximum atomic E-state index is 11.6. The second kappa shape index (κ2) is 2.95. The molecule has 0 heterocycles. The van der Waals surface area contributed by atoms with E-state index >= 15 is 0 Å². The zero-order valence-electron chi connectivity index (χ0n) is 4.72. The van der Waals surface area contributed by atoms with E-state index < -0.39 is 17.7 Å². The minimum atomic E-state index is -4.90. The van der Waals surface area contributed by atoms with Crippen molar-refractivity contribution in [3.63, 3.8) is 0 Å². The van der Waals surface area contributed by atoms with Crippen LogP contribution in [0.5, 0.6) is 0 Å². The van der Waals surface area contributed by atoms with Crippen molar-refractivity contribution in [1.29, 1.82) is 0 Å². The molecule has 0 aliphatic rings. The van der Waals surface area contributed by atoms with E-state index in [2.05, 4.69) is 5.14 Å². The lowest BCUT2D eigenvalue weighted by molar-refractivity contribution is -0.229. The third-order valence-corrected chi connectivity index (χ3v) is 1.60. The molecule has 1 unspecified atom stereocenters. The lowest BCUT2D eigenvalue weighted by Gasteiger charge is -2.24. The van der Waals surface area contributed by atoms with Gasteiger partial charge in [0.1, 0.15) is 0 Å². The molecule has 0 aliphatic carbocycles. The predicted molar refractivity (Wildman–Crippen MR) is 29.9 cm³/mol. The summed E-state index contributed by atoms with van der Waals surface area (Å²) in [6.07, 6.45) is -4.90. The third-order valence-electron chi connectivity index (χ3n) is 0.852. The Morgan fingerprint density at radius 1 is 1.40 bits per heavy atom. The van der Waals surface area contributed by atoms with Crippen LogP contribution in [0.2, 0.25) is 0 Å². The van der Waals surface area contributed by atoms with Gasteiger partial charge in [-0.2, -0.15) is 13.2 Å². The minimum Gasteiger partial charge on any atom is -0.392 e. The van der Waals surface area contributed by atoms with Crippen molar-refractivity contribution in [2.75, 3.05) is 6.61 Å². The molecule has 0 saturated heterocycles. The number of halogens is 3. The number of hydrogen-bond donors (Lipinski definition) is 3. The summed E-state index contributed by atoms with van der Waals surface area (Å²) >= 11 is -0.340. The van der Waals surface area contributed by atoms with Gasteiger partial charge in [0.2, 0.25) is 4.93 Å². The first kappa shape index (κ1) is 10.0. The maximum absolute atomic E-state index is 11.6. The first-order valence-electron chi connectivity index (χ1n) is 2.15. The summed E-state index contributed by atoms with van der Waals surface area (Å²) in [5, 5.41) is 21.0. The Morgan fingerprint density at radius 2 is 1.80 bits per heavy atom. The molecule has 0 fully saturated rings. The molecule has 0 aliphatic heterocycles. The maximum Gasteiger partial charge on any atom is 0.430 e. The summed E-state index contributed by atoms with van der Waals surface area (Å²) in [5.41, 5.74) is 0. The van der Waals surface area contributed by atoms with E-state index in [0.29, 0.717) is 0 Å². The van der Waals surface area contributed by atoms with Gasteiger partial charge in [0.25, 0.3) is 0 Å². The summed E-state index contributed by atoms with van der Waals surface area (Å²) in [7, 11) is 0. The van der Waals surface area contributed by atoms with Crippen molar-refractivity contribution in [2.24, 2.45) is 5.14 Å². The third kappa shape index (κ3) is 1.75. The van der Waals surface area contributed by atoms with Crippen LogP contribution in [0.1, 0.15) is 0 Å². The van der Waals surface area contributed by atoms with E-state index in [1.807, 2.05) is 0 Å². The van der Waals surface area contributed by atoms with Crippen molar-refractivity contribution < 1.29 is 23.4 Å². The van der Waals surface area contributed by atoms with Crippen LogP contribution in [0.25, 0.3) is 0 Å². The molecule has 10 heavy (non-hydrogen) atoms. The van der Waals surface area contributed by atoms with E-state index in [1.54, 1.807) is 0 Å². The number of rotatable bonds is 2. The molecular formula is C3H6F3NO2S. The second-order valence-electron chi connectivity index (χ2n) is 1.56. The highest BCUT2D eigenvalue weighted by atomic mass is 32.2. The highest BCUT2D eigenvalue weighted by molar-refractivity contribution is 7.98. The highest BCUT2D eigenvalue weighted by Gasteiger charge is 2.53. The monoisotopic (exact) mass is 177 g/mol. The van der Waals surface area contributed by atoms with Crippen LogP contribution >= 0.6 is 11.9 Å². The number of hydrogen-bond acceptors (Lipinski definition) is 4. The lowest BCUT2D eigenvalue weighted by atomic mass is 10.4. The molecule has 0 amide bonds. The molecular weight excluding hydrogens is 171 g/mol. The summed E-state index contributed by atoms with van der Waals surface area (Å²) < 4.78 is 34.8. The topological polar surface area (TPSA) is 66.5 Å². The molecule has 62 valence electrons. The summed E-state index contributed by atoms with van der Waals surface area (Å²) in [5.74, 6) is 0. The lowest BCUT2D eigenvalue weighted by Crippen LogP contribution is -2.46. The Kier molecular flexibility index (Phi) is 2.96. The van der Waals surface area contributed by atoms with Gasteiger partial charge in [-0.3, -0.25) is 5.14 Å². The quantitative estimate of drug-likeness (QED) is 0.405. The van der Waals surface area contributed by atoms with Gasteiger partial charge in [-0.25, -0.2) is 0 Å². The van der Waals surface area contributed by atoms with Gasteiger partial charge < -0.3 is 10.2 Å². The molecule has 0 aromatic rings. The first-order valence-corrected chi connectivity index (χ1v) is 3.03. The number of alkyl halides is 3. The van der Waals surface area contributed by atoms with E-state index in [1.165, 1.54) is 0 Å². The van der Waals surface area contributed by atoms with E-state index in [4.69, 9.17) is 10.2 Å². The van der Waals surface area contributed by atoms with Crippen molar-refractivity contribution >= 4 is 11.9 Å². The van der Waals surface area contributed by atoms with E-state index in [9.17, 15) is 13.2 Å². The molecule has 0 spiro atoms. The molecule has 0 aromatic carbocycles. The first-order chi connectivity index (χ1) is 4.37. The summed E-state index contributed by atoms with van der Waals surface area (Å²) in [4.78, 5) is -3.23. The van der Waals surface area contributed by atoms with E-state index in [-0.39, 0.29) is 11.9 Å². The molecule has 4 N–H and O–H groups in total. The van der Waals surface area contributed by atoms with Crippen LogP contribution in [0.15, 0.2) is 0 Å². The van der Waals surface area contributed by atoms with E-state index in [0.717, 1.165) is 0 Å². The summed E-state index contributed by atoms with van der Waals surface area (Å²) in [6, 6.07) is 0. The summed E-state index contributed by atoms with van der Waals surface area (Å²) in [6.45, 7) is -1.45. The van der Waals surface area contributed by atoms with Crippen LogP contribution in [0, 0.1) is 0 Å². The average molecular weight is 177 g/mol. The van der Waals surface area contributed by atoms with Crippen molar-refractivity contribution in [3.05, 3.63) is 0 Å². The second-order valence-corrected chi connectivity index (χ2v) is 2.47. The van der Waals surface area contributed by atoms with Gasteiger partial charge in [-0.15, -0.1) is 0 Å². The zero-order chi connectivity index (χ0) is 8.41. The molecule has 0 aromatic heterocycles.